The average molecular weight is 583 g/mol. The van der Waals surface area contributed by atoms with Crippen LogP contribution in [0.25, 0.3) is 0 Å². The highest BCUT2D eigenvalue weighted by atomic mass is 35.5. The highest BCUT2D eigenvalue weighted by molar-refractivity contribution is 6.32. The molecule has 0 radical (unpaired) electrons. The van der Waals surface area contributed by atoms with Crippen molar-refractivity contribution in [2.24, 2.45) is 5.92 Å². The number of benzene rings is 1. The summed E-state index contributed by atoms with van der Waals surface area (Å²) in [5.41, 5.74) is 0.239. The van der Waals surface area contributed by atoms with Crippen molar-refractivity contribution in [1.82, 2.24) is 14.8 Å². The van der Waals surface area contributed by atoms with E-state index < -0.39 is 18.0 Å². The van der Waals surface area contributed by atoms with Crippen LogP contribution in [-0.4, -0.2) is 79.7 Å². The van der Waals surface area contributed by atoms with Gasteiger partial charge in [-0.2, -0.15) is 13.2 Å². The van der Waals surface area contributed by atoms with Gasteiger partial charge in [-0.05, 0) is 75.3 Å². The Morgan fingerprint density at radius 1 is 1.15 bits per heavy atom. The first-order valence-corrected chi connectivity index (χ1v) is 13.9. The van der Waals surface area contributed by atoms with Crippen LogP contribution in [0.3, 0.4) is 0 Å². The van der Waals surface area contributed by atoms with Crippen molar-refractivity contribution >= 4 is 29.2 Å². The number of anilines is 1. The Bertz CT molecular complexity index is 1170. The summed E-state index contributed by atoms with van der Waals surface area (Å²) in [6.45, 7) is 5.61. The number of rotatable bonds is 10. The first kappa shape index (κ1) is 31.5. The third kappa shape index (κ3) is 7.80. The van der Waals surface area contributed by atoms with Crippen molar-refractivity contribution < 1.29 is 27.5 Å². The Hall–Kier alpha value is -3.01. The molecule has 11 heteroatoms. The normalized spacial score (nSPS) is 15.2. The summed E-state index contributed by atoms with van der Waals surface area (Å²) in [6, 6.07) is 9.13. The number of hydrogen-bond donors (Lipinski definition) is 0. The van der Waals surface area contributed by atoms with Crippen LogP contribution in [0.2, 0.25) is 5.15 Å². The number of pyridine rings is 1. The number of nitrogens with zero attached hydrogens (tertiary/aromatic N) is 4. The number of halogens is 4. The van der Waals surface area contributed by atoms with Crippen LogP contribution in [0.4, 0.5) is 19.0 Å². The molecule has 0 saturated carbocycles. The molecular formula is C29H38ClF3N4O3. The topological polar surface area (TPSA) is 66.0 Å². The monoisotopic (exact) mass is 582 g/mol. The van der Waals surface area contributed by atoms with E-state index in [4.69, 9.17) is 16.3 Å². The maximum absolute atomic E-state index is 13.9. The largest absolute Gasteiger partial charge is 0.497 e. The Kier molecular flexibility index (Phi) is 10.7. The molecule has 0 unspecified atom stereocenters. The second-order valence-electron chi connectivity index (χ2n) is 10.6. The maximum Gasteiger partial charge on any atom is 0.404 e. The van der Waals surface area contributed by atoms with Gasteiger partial charge in [-0.1, -0.05) is 23.7 Å². The zero-order valence-corrected chi connectivity index (χ0v) is 24.4. The minimum atomic E-state index is -4.71. The van der Waals surface area contributed by atoms with Crippen molar-refractivity contribution in [3.05, 3.63) is 52.7 Å². The number of piperidine rings is 1. The lowest BCUT2D eigenvalue weighted by Crippen LogP contribution is -2.39. The lowest BCUT2D eigenvalue weighted by atomic mass is 9.92. The number of ether oxygens (including phenoxy) is 1. The number of methoxy groups -OCH3 is 1. The Morgan fingerprint density at radius 3 is 2.40 bits per heavy atom. The van der Waals surface area contributed by atoms with Crippen molar-refractivity contribution in [2.45, 2.75) is 57.7 Å². The number of amides is 2. The van der Waals surface area contributed by atoms with Crippen molar-refractivity contribution in [3.63, 3.8) is 0 Å². The van der Waals surface area contributed by atoms with E-state index in [2.05, 4.69) is 9.88 Å². The molecule has 7 nitrogen and oxygen atoms in total. The van der Waals surface area contributed by atoms with Gasteiger partial charge in [-0.3, -0.25) is 9.59 Å². The molecule has 0 N–H and O–H groups in total. The van der Waals surface area contributed by atoms with E-state index in [1.165, 1.54) is 37.3 Å². The third-order valence-corrected chi connectivity index (χ3v) is 7.87. The van der Waals surface area contributed by atoms with Crippen LogP contribution >= 0.6 is 11.6 Å². The van der Waals surface area contributed by atoms with Gasteiger partial charge in [0.2, 0.25) is 5.91 Å². The van der Waals surface area contributed by atoms with E-state index in [1.807, 2.05) is 19.9 Å². The summed E-state index contributed by atoms with van der Waals surface area (Å²) in [4.78, 5) is 34.8. The fourth-order valence-corrected chi connectivity index (χ4v) is 5.11. The summed E-state index contributed by atoms with van der Waals surface area (Å²) < 4.78 is 46.7. The first-order valence-electron chi connectivity index (χ1n) is 13.5. The van der Waals surface area contributed by atoms with Crippen molar-refractivity contribution in [2.75, 3.05) is 45.7 Å². The predicted octanol–water partition coefficient (Wildman–Crippen LogP) is 6.03. The molecule has 0 aliphatic carbocycles. The average Bonchev–Trinajstić information content (AvgIpc) is 2.91. The lowest BCUT2D eigenvalue weighted by Gasteiger charge is -2.33. The standard InChI is InChI=1S/C29H38ClF3N4O3/c1-19(2)36(4)27(38)23-11-12-24(34-26(23)30)37-16-13-20(14-17-37)8-7-15-35(3)28(39)25(29(31,32)33)21-9-6-10-22(18-21)40-5/h6,9-12,18-20,25H,7-8,13-17H2,1-5H3/t25-/m0/s1. The summed E-state index contributed by atoms with van der Waals surface area (Å²) >= 11 is 6.36. The summed E-state index contributed by atoms with van der Waals surface area (Å²) in [5, 5.41) is 0.177. The van der Waals surface area contributed by atoms with E-state index in [-0.39, 0.29) is 35.0 Å². The fraction of sp³-hybridized carbons (Fsp3) is 0.552. The van der Waals surface area contributed by atoms with Crippen LogP contribution in [0, 0.1) is 5.92 Å². The number of aromatic nitrogens is 1. The molecule has 0 bridgehead atoms. The lowest BCUT2D eigenvalue weighted by molar-refractivity contribution is -0.171. The first-order chi connectivity index (χ1) is 18.8. The van der Waals surface area contributed by atoms with Gasteiger partial charge in [0.25, 0.3) is 5.91 Å². The van der Waals surface area contributed by atoms with Crippen LogP contribution in [0.15, 0.2) is 36.4 Å². The predicted molar refractivity (Wildman–Crippen MR) is 150 cm³/mol. The van der Waals surface area contributed by atoms with Crippen molar-refractivity contribution in [1.29, 1.82) is 0 Å². The van der Waals surface area contributed by atoms with Gasteiger partial charge in [0.15, 0.2) is 5.92 Å². The molecule has 1 aromatic heterocycles. The van der Waals surface area contributed by atoms with Gasteiger partial charge in [-0.25, -0.2) is 4.98 Å². The van der Waals surface area contributed by atoms with Crippen LogP contribution < -0.4 is 9.64 Å². The molecule has 1 aliphatic heterocycles. The second-order valence-corrected chi connectivity index (χ2v) is 11.0. The smallest absolute Gasteiger partial charge is 0.404 e. The summed E-state index contributed by atoms with van der Waals surface area (Å²) in [5.74, 6) is -2.00. The minimum Gasteiger partial charge on any atom is -0.497 e. The molecule has 1 fully saturated rings. The van der Waals surface area contributed by atoms with Crippen molar-refractivity contribution in [3.8, 4) is 5.75 Å². The van der Waals surface area contributed by atoms with Gasteiger partial charge in [-0.15, -0.1) is 0 Å². The molecular weight excluding hydrogens is 545 g/mol. The molecule has 2 heterocycles. The fourth-order valence-electron chi connectivity index (χ4n) is 4.88. The van der Waals surface area contributed by atoms with E-state index in [0.717, 1.165) is 32.4 Å². The van der Waals surface area contributed by atoms with Crippen LogP contribution in [0.1, 0.15) is 61.4 Å². The molecule has 2 amide bonds. The van der Waals surface area contributed by atoms with Gasteiger partial charge in [0.1, 0.15) is 16.7 Å². The minimum absolute atomic E-state index is 0.0409. The highest BCUT2D eigenvalue weighted by Gasteiger charge is 2.47. The molecule has 1 atom stereocenters. The number of carbonyl (C=O) groups excluding carboxylic acids is 2. The quantitative estimate of drug-likeness (QED) is 0.320. The number of likely N-dealkylation sites (N-methyl/N-ethyl adjacent to an activating group) is 1. The Morgan fingerprint density at radius 2 is 1.82 bits per heavy atom. The molecule has 220 valence electrons. The molecule has 1 saturated heterocycles. The van der Waals surface area contributed by atoms with Gasteiger partial charge in [0, 0.05) is 39.8 Å². The van der Waals surface area contributed by atoms with Gasteiger partial charge < -0.3 is 19.4 Å². The number of alkyl halides is 3. The zero-order valence-electron chi connectivity index (χ0n) is 23.7. The molecule has 2 aromatic rings. The molecule has 0 spiro atoms. The number of carbonyl (C=O) groups is 2. The number of hydrogen-bond acceptors (Lipinski definition) is 5. The molecule has 1 aliphatic rings. The summed E-state index contributed by atoms with van der Waals surface area (Å²) in [7, 11) is 4.52. The van der Waals surface area contributed by atoms with Gasteiger partial charge >= 0.3 is 6.18 Å². The molecule has 3 rings (SSSR count). The molecule has 40 heavy (non-hydrogen) atoms. The SMILES string of the molecule is COc1cccc([C@@H](C(=O)N(C)CCCC2CCN(c3ccc(C(=O)N(C)C(C)C)c(Cl)n3)CC2)C(F)(F)F)c1. The van der Waals surface area contributed by atoms with Crippen LogP contribution in [-0.2, 0) is 4.79 Å². The van der Waals surface area contributed by atoms with E-state index in [1.54, 1.807) is 24.1 Å². The second kappa shape index (κ2) is 13.6. The Labute approximate surface area is 239 Å². The van der Waals surface area contributed by atoms with Crippen LogP contribution in [0.5, 0.6) is 5.75 Å². The van der Waals surface area contributed by atoms with E-state index in [9.17, 15) is 22.8 Å². The Balaban J connectivity index is 1.51. The zero-order chi connectivity index (χ0) is 29.6. The third-order valence-electron chi connectivity index (χ3n) is 7.58. The maximum atomic E-state index is 13.9. The summed E-state index contributed by atoms with van der Waals surface area (Å²) in [6.07, 6.45) is -1.51. The van der Waals surface area contributed by atoms with E-state index >= 15 is 0 Å². The molecule has 1 aromatic carbocycles. The highest BCUT2D eigenvalue weighted by Crippen LogP contribution is 2.37. The van der Waals surface area contributed by atoms with E-state index in [0.29, 0.717) is 23.7 Å². The van der Waals surface area contributed by atoms with Gasteiger partial charge in [0.05, 0.1) is 12.7 Å².